The van der Waals surface area contributed by atoms with E-state index in [0.29, 0.717) is 0 Å². The Hall–Kier alpha value is -2.04. The van der Waals surface area contributed by atoms with Gasteiger partial charge in [0.1, 0.15) is 0 Å². The molecule has 2 atom stereocenters. The molecular formula is C21H27N3O. The SMILES string of the molecule is Cc1cccc2c1C[C@@H](O)[C@H](N1CCN(c3ccccc3N)CC1)C2. The van der Waals surface area contributed by atoms with Crippen molar-refractivity contribution in [3.63, 3.8) is 0 Å². The van der Waals surface area contributed by atoms with Crippen LogP contribution in [0, 0.1) is 6.92 Å². The molecule has 1 fully saturated rings. The van der Waals surface area contributed by atoms with Gasteiger partial charge in [0.05, 0.1) is 17.5 Å². The van der Waals surface area contributed by atoms with E-state index in [-0.39, 0.29) is 12.1 Å². The van der Waals surface area contributed by atoms with E-state index in [2.05, 4.69) is 41.0 Å². The topological polar surface area (TPSA) is 52.7 Å². The maximum Gasteiger partial charge on any atom is 0.0739 e. The summed E-state index contributed by atoms with van der Waals surface area (Å²) >= 11 is 0. The van der Waals surface area contributed by atoms with Gasteiger partial charge in [0.15, 0.2) is 0 Å². The van der Waals surface area contributed by atoms with Crippen molar-refractivity contribution in [2.24, 2.45) is 0 Å². The zero-order valence-corrected chi connectivity index (χ0v) is 14.9. The molecule has 0 spiro atoms. The van der Waals surface area contributed by atoms with E-state index in [1.165, 1.54) is 16.7 Å². The van der Waals surface area contributed by atoms with Crippen LogP contribution in [-0.4, -0.2) is 48.3 Å². The fourth-order valence-corrected chi connectivity index (χ4v) is 4.40. The van der Waals surface area contributed by atoms with Gasteiger partial charge in [-0.2, -0.15) is 0 Å². The maximum atomic E-state index is 10.7. The van der Waals surface area contributed by atoms with Crippen molar-refractivity contribution in [2.75, 3.05) is 36.8 Å². The number of nitrogens with zero attached hydrogens (tertiary/aromatic N) is 2. The number of benzene rings is 2. The first kappa shape index (κ1) is 16.4. The third-order valence-corrected chi connectivity index (χ3v) is 5.85. The Balaban J connectivity index is 1.45. The summed E-state index contributed by atoms with van der Waals surface area (Å²) in [5.74, 6) is 0. The molecular weight excluding hydrogens is 310 g/mol. The second kappa shape index (κ2) is 6.70. The van der Waals surface area contributed by atoms with Crippen LogP contribution >= 0.6 is 0 Å². The number of aliphatic hydroxyl groups excluding tert-OH is 1. The molecule has 2 aromatic rings. The highest BCUT2D eigenvalue weighted by Crippen LogP contribution is 2.29. The van der Waals surface area contributed by atoms with Crippen LogP contribution in [0.3, 0.4) is 0 Å². The monoisotopic (exact) mass is 337 g/mol. The van der Waals surface area contributed by atoms with Crippen LogP contribution < -0.4 is 10.6 Å². The van der Waals surface area contributed by atoms with Crippen LogP contribution in [0.5, 0.6) is 0 Å². The number of hydrogen-bond donors (Lipinski definition) is 2. The maximum absolute atomic E-state index is 10.7. The molecule has 1 aliphatic carbocycles. The van der Waals surface area contributed by atoms with Crippen LogP contribution in [0.25, 0.3) is 0 Å². The minimum atomic E-state index is -0.276. The molecule has 0 amide bonds. The van der Waals surface area contributed by atoms with Crippen molar-refractivity contribution in [3.05, 3.63) is 59.2 Å². The van der Waals surface area contributed by atoms with E-state index in [1.54, 1.807) is 0 Å². The smallest absolute Gasteiger partial charge is 0.0739 e. The van der Waals surface area contributed by atoms with Gasteiger partial charge in [-0.25, -0.2) is 0 Å². The molecule has 1 heterocycles. The van der Waals surface area contributed by atoms with Gasteiger partial charge in [0.2, 0.25) is 0 Å². The number of nitrogen functional groups attached to an aromatic ring is 1. The average Bonchev–Trinajstić information content (AvgIpc) is 2.63. The highest BCUT2D eigenvalue weighted by atomic mass is 16.3. The van der Waals surface area contributed by atoms with Gasteiger partial charge < -0.3 is 15.7 Å². The van der Waals surface area contributed by atoms with Crippen LogP contribution in [-0.2, 0) is 12.8 Å². The normalized spacial score (nSPS) is 24.2. The lowest BCUT2D eigenvalue weighted by molar-refractivity contribution is 0.0394. The molecule has 0 bridgehead atoms. The molecule has 1 saturated heterocycles. The summed E-state index contributed by atoms with van der Waals surface area (Å²) in [6.07, 6.45) is 1.45. The molecule has 4 nitrogen and oxygen atoms in total. The molecule has 0 saturated carbocycles. The van der Waals surface area contributed by atoms with Gasteiger partial charge in [0.25, 0.3) is 0 Å². The fraction of sp³-hybridized carbons (Fsp3) is 0.429. The summed E-state index contributed by atoms with van der Waals surface area (Å²) in [5.41, 5.74) is 12.2. The number of hydrogen-bond acceptors (Lipinski definition) is 4. The number of anilines is 2. The number of aryl methyl sites for hydroxylation is 1. The van der Waals surface area contributed by atoms with Crippen LogP contribution in [0.1, 0.15) is 16.7 Å². The first-order chi connectivity index (χ1) is 12.1. The summed E-state index contributed by atoms with van der Waals surface area (Å²) < 4.78 is 0. The number of para-hydroxylation sites is 2. The van der Waals surface area contributed by atoms with Crippen LogP contribution in [0.15, 0.2) is 42.5 Å². The van der Waals surface area contributed by atoms with Crippen LogP contribution in [0.4, 0.5) is 11.4 Å². The first-order valence-corrected chi connectivity index (χ1v) is 9.22. The van der Waals surface area contributed by atoms with Crippen LogP contribution in [0.2, 0.25) is 0 Å². The summed E-state index contributed by atoms with van der Waals surface area (Å²) in [6.45, 7) is 6.00. The number of aliphatic hydroxyl groups is 1. The Kier molecular flexibility index (Phi) is 4.40. The standard InChI is InChI=1S/C21H27N3O/c1-15-5-4-6-16-13-20(21(25)14-17(15)16)24-11-9-23(10-12-24)19-8-3-2-7-18(19)22/h2-8,20-21,25H,9-14,22H2,1H3/t20-,21-/m1/s1. The lowest BCUT2D eigenvalue weighted by atomic mass is 9.83. The third-order valence-electron chi connectivity index (χ3n) is 5.85. The molecule has 3 N–H and O–H groups in total. The lowest BCUT2D eigenvalue weighted by Gasteiger charge is -2.44. The molecule has 25 heavy (non-hydrogen) atoms. The molecule has 0 unspecified atom stereocenters. The van der Waals surface area contributed by atoms with E-state index in [0.717, 1.165) is 50.4 Å². The Morgan fingerprint density at radius 3 is 2.48 bits per heavy atom. The van der Waals surface area contributed by atoms with Crippen molar-refractivity contribution in [1.82, 2.24) is 4.90 Å². The number of rotatable bonds is 2. The molecule has 1 aliphatic heterocycles. The molecule has 132 valence electrons. The second-order valence-corrected chi connectivity index (χ2v) is 7.34. The summed E-state index contributed by atoms with van der Waals surface area (Å²) in [5, 5.41) is 10.7. The van der Waals surface area contributed by atoms with Crippen molar-refractivity contribution in [3.8, 4) is 0 Å². The van der Waals surface area contributed by atoms with Crippen molar-refractivity contribution in [1.29, 1.82) is 0 Å². The van der Waals surface area contributed by atoms with E-state index in [9.17, 15) is 5.11 Å². The van der Waals surface area contributed by atoms with E-state index in [1.807, 2.05) is 18.2 Å². The minimum absolute atomic E-state index is 0.226. The number of fused-ring (bicyclic) bond motifs is 1. The molecule has 4 heteroatoms. The Morgan fingerprint density at radius 1 is 0.960 bits per heavy atom. The summed E-state index contributed by atoms with van der Waals surface area (Å²) in [6, 6.07) is 14.8. The summed E-state index contributed by atoms with van der Waals surface area (Å²) in [4.78, 5) is 4.82. The fourth-order valence-electron chi connectivity index (χ4n) is 4.40. The van der Waals surface area contributed by atoms with E-state index >= 15 is 0 Å². The molecule has 4 rings (SSSR count). The second-order valence-electron chi connectivity index (χ2n) is 7.34. The highest BCUT2D eigenvalue weighted by molar-refractivity contribution is 5.67. The quantitative estimate of drug-likeness (QED) is 0.825. The third kappa shape index (κ3) is 3.12. The van der Waals surface area contributed by atoms with E-state index < -0.39 is 0 Å². The van der Waals surface area contributed by atoms with E-state index in [4.69, 9.17) is 5.73 Å². The predicted octanol–water partition coefficient (Wildman–Crippen LogP) is 2.23. The van der Waals surface area contributed by atoms with Crippen molar-refractivity contribution < 1.29 is 5.11 Å². The molecule has 0 aromatic heterocycles. The average molecular weight is 337 g/mol. The predicted molar refractivity (Wildman–Crippen MR) is 103 cm³/mol. The van der Waals surface area contributed by atoms with Crippen molar-refractivity contribution in [2.45, 2.75) is 31.9 Å². The van der Waals surface area contributed by atoms with Gasteiger partial charge in [0, 0.05) is 38.6 Å². The highest BCUT2D eigenvalue weighted by Gasteiger charge is 2.33. The van der Waals surface area contributed by atoms with Gasteiger partial charge >= 0.3 is 0 Å². The Morgan fingerprint density at radius 2 is 1.72 bits per heavy atom. The Bertz CT molecular complexity index is 753. The van der Waals surface area contributed by atoms with Crippen molar-refractivity contribution >= 4 is 11.4 Å². The minimum Gasteiger partial charge on any atom is -0.397 e. The summed E-state index contributed by atoms with van der Waals surface area (Å²) in [7, 11) is 0. The zero-order valence-electron chi connectivity index (χ0n) is 14.9. The van der Waals surface area contributed by atoms with Gasteiger partial charge in [-0.05, 0) is 42.2 Å². The zero-order chi connectivity index (χ0) is 17.4. The largest absolute Gasteiger partial charge is 0.397 e. The molecule has 0 radical (unpaired) electrons. The van der Waals surface area contributed by atoms with Gasteiger partial charge in [-0.1, -0.05) is 30.3 Å². The number of nitrogens with two attached hydrogens (primary N) is 1. The first-order valence-electron chi connectivity index (χ1n) is 9.22. The molecule has 2 aromatic carbocycles. The van der Waals surface area contributed by atoms with Gasteiger partial charge in [-0.3, -0.25) is 4.90 Å². The Labute approximate surface area is 149 Å². The van der Waals surface area contributed by atoms with Gasteiger partial charge in [-0.15, -0.1) is 0 Å². The molecule has 2 aliphatic rings. The lowest BCUT2D eigenvalue weighted by Crippen LogP contribution is -2.56. The number of piperazine rings is 1.